The van der Waals surface area contributed by atoms with Gasteiger partial charge in [-0.25, -0.2) is 4.79 Å². The van der Waals surface area contributed by atoms with Gasteiger partial charge in [-0.3, -0.25) is 0 Å². The molecule has 3 atom stereocenters. The lowest BCUT2D eigenvalue weighted by Crippen LogP contribution is -2.54. The number of carbonyl (C=O) groups excluding carboxylic acids is 1. The second-order valence-electron chi connectivity index (χ2n) is 11.4. The summed E-state index contributed by atoms with van der Waals surface area (Å²) >= 11 is 0. The van der Waals surface area contributed by atoms with Crippen LogP contribution in [0.2, 0.25) is 0 Å². The minimum Gasteiger partial charge on any atom is -0.385 e. The smallest absolute Gasteiger partial charge is 0.317 e. The van der Waals surface area contributed by atoms with Crippen LogP contribution >= 0.6 is 0 Å². The Kier molecular flexibility index (Phi) is 11.6. The SMILES string of the molecule is CNCC(CC(C)C)NC(=O)N1CCCC(C(O)(CCCCOC)c2ccccc2-c2cccc(C)c2)C1. The van der Waals surface area contributed by atoms with Crippen LogP contribution in [0.15, 0.2) is 48.5 Å². The number of carbonyl (C=O) groups is 1. The summed E-state index contributed by atoms with van der Waals surface area (Å²) < 4.78 is 5.30. The monoisotopic (exact) mass is 523 g/mol. The molecule has 1 aliphatic rings. The molecule has 6 heteroatoms. The van der Waals surface area contributed by atoms with Crippen molar-refractivity contribution in [3.8, 4) is 11.1 Å². The number of likely N-dealkylation sites (N-methyl/N-ethyl adjacent to an activating group) is 1. The highest BCUT2D eigenvalue weighted by atomic mass is 16.5. The van der Waals surface area contributed by atoms with Gasteiger partial charge >= 0.3 is 6.03 Å². The predicted octanol–water partition coefficient (Wildman–Crippen LogP) is 5.72. The number of rotatable bonds is 13. The van der Waals surface area contributed by atoms with E-state index < -0.39 is 5.60 Å². The molecule has 0 aromatic heterocycles. The van der Waals surface area contributed by atoms with Crippen LogP contribution in [-0.4, -0.2) is 62.5 Å². The van der Waals surface area contributed by atoms with E-state index in [-0.39, 0.29) is 18.0 Å². The Hall–Kier alpha value is -2.41. The molecule has 0 saturated carbocycles. The first kappa shape index (κ1) is 30.1. The van der Waals surface area contributed by atoms with Crippen molar-refractivity contribution in [2.45, 2.75) is 70.9 Å². The molecule has 3 unspecified atom stereocenters. The molecule has 3 N–H and O–H groups in total. The molecule has 1 aliphatic heterocycles. The summed E-state index contributed by atoms with van der Waals surface area (Å²) in [7, 11) is 3.64. The maximum Gasteiger partial charge on any atom is 0.317 e. The molecule has 6 nitrogen and oxygen atoms in total. The largest absolute Gasteiger partial charge is 0.385 e. The third kappa shape index (κ3) is 8.05. The van der Waals surface area contributed by atoms with Gasteiger partial charge in [0.1, 0.15) is 0 Å². The van der Waals surface area contributed by atoms with Gasteiger partial charge in [0.15, 0.2) is 0 Å². The normalized spacial score (nSPS) is 18.3. The molecule has 1 saturated heterocycles. The number of urea groups is 1. The average Bonchev–Trinajstić information content (AvgIpc) is 2.91. The zero-order valence-corrected chi connectivity index (χ0v) is 24.1. The summed E-state index contributed by atoms with van der Waals surface area (Å²) in [6.07, 6.45) is 5.08. The van der Waals surface area contributed by atoms with Gasteiger partial charge in [-0.15, -0.1) is 0 Å². The van der Waals surface area contributed by atoms with Crippen molar-refractivity contribution in [3.05, 3.63) is 59.7 Å². The molecule has 38 heavy (non-hydrogen) atoms. The van der Waals surface area contributed by atoms with E-state index in [9.17, 15) is 9.90 Å². The second kappa shape index (κ2) is 14.7. The number of hydrogen-bond donors (Lipinski definition) is 3. The molecule has 1 fully saturated rings. The second-order valence-corrected chi connectivity index (χ2v) is 11.4. The van der Waals surface area contributed by atoms with Crippen LogP contribution in [-0.2, 0) is 10.3 Å². The number of methoxy groups -OCH3 is 1. The summed E-state index contributed by atoms with van der Waals surface area (Å²) in [5.74, 6) is 0.446. The molecule has 3 rings (SSSR count). The Labute approximate surface area is 230 Å². The summed E-state index contributed by atoms with van der Waals surface area (Å²) in [4.78, 5) is 15.3. The molecule has 0 aliphatic carbocycles. The van der Waals surface area contributed by atoms with Gasteiger partial charge in [-0.2, -0.15) is 0 Å². The third-order valence-electron chi connectivity index (χ3n) is 7.80. The Morgan fingerprint density at radius 2 is 1.97 bits per heavy atom. The lowest BCUT2D eigenvalue weighted by atomic mass is 9.72. The van der Waals surface area contributed by atoms with Gasteiger partial charge in [-0.1, -0.05) is 67.9 Å². The molecule has 2 aromatic rings. The number of aliphatic hydroxyl groups is 1. The van der Waals surface area contributed by atoms with Gasteiger partial charge in [0, 0.05) is 45.3 Å². The fraction of sp³-hybridized carbons (Fsp3) is 0.594. The van der Waals surface area contributed by atoms with Crippen LogP contribution in [0.5, 0.6) is 0 Å². The molecular formula is C32H49N3O3. The first-order valence-electron chi connectivity index (χ1n) is 14.4. The van der Waals surface area contributed by atoms with Crippen LogP contribution in [0.25, 0.3) is 11.1 Å². The predicted molar refractivity (Wildman–Crippen MR) is 156 cm³/mol. The number of aryl methyl sites for hydroxylation is 1. The topological polar surface area (TPSA) is 73.8 Å². The van der Waals surface area contributed by atoms with E-state index in [2.05, 4.69) is 67.8 Å². The minimum atomic E-state index is -1.05. The highest BCUT2D eigenvalue weighted by Gasteiger charge is 2.42. The van der Waals surface area contributed by atoms with Crippen LogP contribution in [0, 0.1) is 18.8 Å². The third-order valence-corrected chi connectivity index (χ3v) is 7.80. The maximum absolute atomic E-state index is 13.4. The Bertz CT molecular complexity index is 1010. The van der Waals surface area contributed by atoms with Gasteiger partial charge in [0.25, 0.3) is 0 Å². The highest BCUT2D eigenvalue weighted by molar-refractivity contribution is 5.75. The number of ether oxygens (including phenoxy) is 1. The van der Waals surface area contributed by atoms with E-state index in [1.807, 2.05) is 24.1 Å². The molecule has 2 amide bonds. The molecule has 210 valence electrons. The fourth-order valence-electron chi connectivity index (χ4n) is 5.95. The summed E-state index contributed by atoms with van der Waals surface area (Å²) in [5.41, 5.74) is 3.29. The summed E-state index contributed by atoms with van der Waals surface area (Å²) in [6.45, 7) is 9.15. The Balaban J connectivity index is 1.90. The highest BCUT2D eigenvalue weighted by Crippen LogP contribution is 2.43. The number of piperidine rings is 1. The van der Waals surface area contributed by atoms with Crippen molar-refractivity contribution in [2.24, 2.45) is 11.8 Å². The van der Waals surface area contributed by atoms with Crippen molar-refractivity contribution in [3.63, 3.8) is 0 Å². The van der Waals surface area contributed by atoms with Crippen LogP contribution < -0.4 is 10.6 Å². The van der Waals surface area contributed by atoms with Gasteiger partial charge in [-0.05, 0) is 75.1 Å². The van der Waals surface area contributed by atoms with Crippen LogP contribution in [0.1, 0.15) is 63.5 Å². The Morgan fingerprint density at radius 3 is 2.68 bits per heavy atom. The number of benzene rings is 2. The van der Waals surface area contributed by atoms with E-state index in [0.29, 0.717) is 25.5 Å². The van der Waals surface area contributed by atoms with Crippen molar-refractivity contribution >= 4 is 6.03 Å². The number of unbranched alkanes of at least 4 members (excludes halogenated alkanes) is 1. The maximum atomic E-state index is 13.4. The summed E-state index contributed by atoms with van der Waals surface area (Å²) in [5, 5.41) is 19.1. The van der Waals surface area contributed by atoms with Crippen molar-refractivity contribution < 1.29 is 14.6 Å². The fourth-order valence-corrected chi connectivity index (χ4v) is 5.95. The van der Waals surface area contributed by atoms with E-state index >= 15 is 0 Å². The molecule has 1 heterocycles. The standard InChI is InChI=1S/C32H49N3O3/c1-24(2)20-28(22-33-4)34-31(36)35-18-11-14-27(23-35)32(37,17-8-9-19-38-5)30-16-7-6-15-29(30)26-13-10-12-25(3)21-26/h6-7,10,12-13,15-16,21,24,27-28,33,37H,8-9,11,14,17-20,22-23H2,1-5H3,(H,34,36). The number of nitrogens with zero attached hydrogens (tertiary/aromatic N) is 1. The van der Waals surface area contributed by atoms with E-state index in [0.717, 1.165) is 61.9 Å². The lowest BCUT2D eigenvalue weighted by molar-refractivity contribution is -0.0559. The molecule has 0 spiro atoms. The van der Waals surface area contributed by atoms with Crippen LogP contribution in [0.4, 0.5) is 4.79 Å². The summed E-state index contributed by atoms with van der Waals surface area (Å²) in [6, 6.07) is 16.8. The average molecular weight is 524 g/mol. The van der Waals surface area contributed by atoms with E-state index in [4.69, 9.17) is 4.74 Å². The zero-order chi connectivity index (χ0) is 27.5. The van der Waals surface area contributed by atoms with Crippen molar-refractivity contribution in [2.75, 3.05) is 40.4 Å². The van der Waals surface area contributed by atoms with Crippen molar-refractivity contribution in [1.82, 2.24) is 15.5 Å². The van der Waals surface area contributed by atoms with Gasteiger partial charge in [0.2, 0.25) is 0 Å². The van der Waals surface area contributed by atoms with E-state index in [1.165, 1.54) is 5.56 Å². The van der Waals surface area contributed by atoms with Gasteiger partial charge < -0.3 is 25.4 Å². The first-order chi connectivity index (χ1) is 18.3. The molecule has 2 aromatic carbocycles. The van der Waals surface area contributed by atoms with Crippen molar-refractivity contribution in [1.29, 1.82) is 0 Å². The molecule has 0 bridgehead atoms. The number of likely N-dealkylation sites (tertiary alicyclic amines) is 1. The lowest BCUT2D eigenvalue weighted by Gasteiger charge is -2.44. The van der Waals surface area contributed by atoms with E-state index in [1.54, 1.807) is 7.11 Å². The number of amides is 2. The number of hydrogen-bond acceptors (Lipinski definition) is 4. The van der Waals surface area contributed by atoms with Gasteiger partial charge in [0.05, 0.1) is 5.60 Å². The van der Waals surface area contributed by atoms with Crippen LogP contribution in [0.3, 0.4) is 0 Å². The minimum absolute atomic E-state index is 0.0238. The quantitative estimate of drug-likeness (QED) is 0.294. The Morgan fingerprint density at radius 1 is 1.18 bits per heavy atom. The molecular weight excluding hydrogens is 474 g/mol. The molecule has 0 radical (unpaired) electrons. The number of nitrogens with one attached hydrogen (secondary N) is 2. The first-order valence-corrected chi connectivity index (χ1v) is 14.4. The zero-order valence-electron chi connectivity index (χ0n) is 24.1.